The molecule has 0 unspecified atom stereocenters. The van der Waals surface area contributed by atoms with Crippen molar-refractivity contribution in [2.24, 2.45) is 0 Å². The Balaban J connectivity index is 1.99. The number of carbonyl (C=O) groups excluding carboxylic acids is 1. The van der Waals surface area contributed by atoms with Gasteiger partial charge < -0.3 is 9.47 Å². The van der Waals surface area contributed by atoms with Crippen LogP contribution >= 0.6 is 0 Å². The van der Waals surface area contributed by atoms with Crippen LogP contribution in [0.25, 0.3) is 0 Å². The van der Waals surface area contributed by atoms with E-state index in [9.17, 15) is 21.6 Å². The van der Waals surface area contributed by atoms with Crippen molar-refractivity contribution >= 4 is 31.7 Å². The minimum atomic E-state index is -4.12. The zero-order valence-corrected chi connectivity index (χ0v) is 19.8. The van der Waals surface area contributed by atoms with Crippen molar-refractivity contribution in [1.82, 2.24) is 4.31 Å². The predicted molar refractivity (Wildman–Crippen MR) is 119 cm³/mol. The van der Waals surface area contributed by atoms with Gasteiger partial charge in [-0.05, 0) is 55.7 Å². The number of nitrogens with zero attached hydrogens (tertiary/aromatic N) is 1. The van der Waals surface area contributed by atoms with Crippen LogP contribution in [0.4, 0.5) is 5.69 Å². The van der Waals surface area contributed by atoms with Crippen molar-refractivity contribution in [2.45, 2.75) is 36.0 Å². The molecule has 0 bridgehead atoms. The van der Waals surface area contributed by atoms with Gasteiger partial charge in [0.25, 0.3) is 10.0 Å². The van der Waals surface area contributed by atoms with E-state index >= 15 is 0 Å². The van der Waals surface area contributed by atoms with Crippen LogP contribution in [0.3, 0.4) is 0 Å². The number of aryl methyl sites for hydroxylation is 1. The third kappa shape index (κ3) is 4.89. The Morgan fingerprint density at radius 2 is 1.62 bits per heavy atom. The van der Waals surface area contributed by atoms with E-state index < -0.39 is 26.0 Å². The third-order valence-electron chi connectivity index (χ3n) is 5.25. The molecule has 1 aliphatic rings. The standard InChI is InChI=1S/C21H26N2O7S2/c1-15-7-8-16(21(24)30-3)13-19(15)31(25,26)22-17-9-10-18(29-2)20(14-17)32(27,28)23-11-5-4-6-12-23/h7-10,13-14,22H,4-6,11-12H2,1-3H3. The number of methoxy groups -OCH3 is 2. The Bertz CT molecular complexity index is 1220. The summed E-state index contributed by atoms with van der Waals surface area (Å²) in [5.74, 6) is -0.539. The zero-order valence-electron chi connectivity index (χ0n) is 18.1. The SMILES string of the molecule is COC(=O)c1ccc(C)c(S(=O)(=O)Nc2ccc(OC)c(S(=O)(=O)N3CCCCC3)c2)c1. The lowest BCUT2D eigenvalue weighted by atomic mass is 10.1. The normalized spacial score (nSPS) is 15.2. The van der Waals surface area contributed by atoms with Crippen molar-refractivity contribution < 1.29 is 31.1 Å². The average molecular weight is 483 g/mol. The van der Waals surface area contributed by atoms with E-state index in [2.05, 4.69) is 9.46 Å². The summed E-state index contributed by atoms with van der Waals surface area (Å²) < 4.78 is 66.1. The number of anilines is 1. The van der Waals surface area contributed by atoms with Crippen LogP contribution in [-0.2, 0) is 24.8 Å². The molecule has 11 heteroatoms. The molecule has 0 spiro atoms. The number of carbonyl (C=O) groups is 1. The average Bonchev–Trinajstić information content (AvgIpc) is 2.79. The van der Waals surface area contributed by atoms with Crippen LogP contribution in [-0.4, -0.2) is 54.4 Å². The van der Waals surface area contributed by atoms with Crippen LogP contribution in [0.2, 0.25) is 0 Å². The van der Waals surface area contributed by atoms with E-state index in [1.54, 1.807) is 6.92 Å². The molecule has 2 aromatic carbocycles. The van der Waals surface area contributed by atoms with E-state index in [0.29, 0.717) is 18.7 Å². The van der Waals surface area contributed by atoms with Crippen LogP contribution in [0.1, 0.15) is 35.2 Å². The highest BCUT2D eigenvalue weighted by atomic mass is 32.2. The van der Waals surface area contributed by atoms with Gasteiger partial charge in [-0.3, -0.25) is 4.72 Å². The van der Waals surface area contributed by atoms with Gasteiger partial charge in [-0.2, -0.15) is 4.31 Å². The number of esters is 1. The molecule has 0 radical (unpaired) electrons. The minimum absolute atomic E-state index is 0.0595. The summed E-state index contributed by atoms with van der Waals surface area (Å²) in [5.41, 5.74) is 0.561. The molecule has 2 aromatic rings. The summed E-state index contributed by atoms with van der Waals surface area (Å²) in [6.45, 7) is 2.40. The van der Waals surface area contributed by atoms with E-state index in [1.807, 2.05) is 0 Å². The molecule has 0 amide bonds. The number of piperidine rings is 1. The zero-order chi connectivity index (χ0) is 23.5. The minimum Gasteiger partial charge on any atom is -0.495 e. The summed E-state index contributed by atoms with van der Waals surface area (Å²) >= 11 is 0. The van der Waals surface area contributed by atoms with Gasteiger partial charge in [0, 0.05) is 13.1 Å². The molecule has 0 aromatic heterocycles. The second-order valence-electron chi connectivity index (χ2n) is 7.41. The first-order chi connectivity index (χ1) is 15.1. The maximum atomic E-state index is 13.2. The second kappa shape index (κ2) is 9.47. The highest BCUT2D eigenvalue weighted by Crippen LogP contribution is 2.32. The van der Waals surface area contributed by atoms with E-state index in [-0.39, 0.29) is 26.8 Å². The van der Waals surface area contributed by atoms with Crippen LogP contribution in [0.5, 0.6) is 5.75 Å². The molecular weight excluding hydrogens is 456 g/mol. The summed E-state index contributed by atoms with van der Waals surface area (Å²) in [4.78, 5) is 11.6. The Labute approximate surface area is 188 Å². The van der Waals surface area contributed by atoms with Crippen LogP contribution in [0, 0.1) is 6.92 Å². The van der Waals surface area contributed by atoms with Gasteiger partial charge >= 0.3 is 5.97 Å². The Morgan fingerprint density at radius 1 is 0.938 bits per heavy atom. The number of rotatable bonds is 7. The van der Waals surface area contributed by atoms with E-state index in [1.165, 1.54) is 54.9 Å². The van der Waals surface area contributed by atoms with Gasteiger partial charge in [-0.1, -0.05) is 12.5 Å². The molecule has 9 nitrogen and oxygen atoms in total. The summed E-state index contributed by atoms with van der Waals surface area (Å²) in [6.07, 6.45) is 2.50. The lowest BCUT2D eigenvalue weighted by Crippen LogP contribution is -2.35. The van der Waals surface area contributed by atoms with Crippen molar-refractivity contribution in [3.8, 4) is 5.75 Å². The highest BCUT2D eigenvalue weighted by molar-refractivity contribution is 7.92. The number of hydrogen-bond acceptors (Lipinski definition) is 7. The smallest absolute Gasteiger partial charge is 0.337 e. The molecule has 0 aliphatic carbocycles. The molecule has 1 saturated heterocycles. The van der Waals surface area contributed by atoms with Crippen molar-refractivity contribution in [3.63, 3.8) is 0 Å². The first-order valence-electron chi connectivity index (χ1n) is 10.00. The maximum absolute atomic E-state index is 13.2. The quantitative estimate of drug-likeness (QED) is 0.603. The van der Waals surface area contributed by atoms with Crippen molar-refractivity contribution in [3.05, 3.63) is 47.5 Å². The van der Waals surface area contributed by atoms with E-state index in [4.69, 9.17) is 4.74 Å². The molecule has 1 fully saturated rings. The molecule has 3 rings (SSSR count). The molecular formula is C21H26N2O7S2. The lowest BCUT2D eigenvalue weighted by Gasteiger charge is -2.26. The van der Waals surface area contributed by atoms with Crippen LogP contribution in [0.15, 0.2) is 46.2 Å². The fourth-order valence-corrected chi connectivity index (χ4v) is 6.55. The van der Waals surface area contributed by atoms with E-state index in [0.717, 1.165) is 19.3 Å². The highest BCUT2D eigenvalue weighted by Gasteiger charge is 2.30. The lowest BCUT2D eigenvalue weighted by molar-refractivity contribution is 0.0600. The van der Waals surface area contributed by atoms with Gasteiger partial charge in [0.1, 0.15) is 10.6 Å². The largest absolute Gasteiger partial charge is 0.495 e. The number of hydrogen-bond donors (Lipinski definition) is 1. The van der Waals surface area contributed by atoms with Gasteiger partial charge in [0.2, 0.25) is 10.0 Å². The van der Waals surface area contributed by atoms with Gasteiger partial charge in [-0.25, -0.2) is 21.6 Å². The molecule has 0 saturated carbocycles. The monoisotopic (exact) mass is 482 g/mol. The first-order valence-corrected chi connectivity index (χ1v) is 12.9. The number of sulfonamides is 2. The summed E-state index contributed by atoms with van der Waals surface area (Å²) in [6, 6.07) is 8.27. The van der Waals surface area contributed by atoms with Crippen molar-refractivity contribution in [2.75, 3.05) is 32.0 Å². The fourth-order valence-electron chi connectivity index (χ4n) is 3.53. The number of benzene rings is 2. The number of ether oxygens (including phenoxy) is 2. The summed E-state index contributed by atoms with van der Waals surface area (Å²) in [7, 11) is -5.42. The topological polar surface area (TPSA) is 119 Å². The maximum Gasteiger partial charge on any atom is 0.337 e. The molecule has 1 aliphatic heterocycles. The third-order valence-corrected chi connectivity index (χ3v) is 8.69. The fraction of sp³-hybridized carbons (Fsp3) is 0.381. The molecule has 174 valence electrons. The van der Waals surface area contributed by atoms with Gasteiger partial charge in [-0.15, -0.1) is 0 Å². The number of nitrogens with one attached hydrogen (secondary N) is 1. The van der Waals surface area contributed by atoms with Gasteiger partial charge in [0.15, 0.2) is 0 Å². The Kier molecular flexibility index (Phi) is 7.11. The Hall–Kier alpha value is -2.63. The van der Waals surface area contributed by atoms with Crippen molar-refractivity contribution in [1.29, 1.82) is 0 Å². The summed E-state index contributed by atoms with van der Waals surface area (Å²) in [5, 5.41) is 0. The molecule has 1 N–H and O–H groups in total. The van der Waals surface area contributed by atoms with Crippen LogP contribution < -0.4 is 9.46 Å². The predicted octanol–water partition coefficient (Wildman–Crippen LogP) is 2.77. The molecule has 1 heterocycles. The molecule has 0 atom stereocenters. The first kappa shape index (κ1) is 24.0. The van der Waals surface area contributed by atoms with Gasteiger partial charge in [0.05, 0.1) is 30.4 Å². The molecule has 32 heavy (non-hydrogen) atoms. The second-order valence-corrected chi connectivity index (χ2v) is 11.0. The Morgan fingerprint density at radius 3 is 2.25 bits per heavy atom.